The number of ether oxygens (including phenoxy) is 3. The number of esters is 2. The van der Waals surface area contributed by atoms with Crippen molar-refractivity contribution in [1.82, 2.24) is 0 Å². The summed E-state index contributed by atoms with van der Waals surface area (Å²) in [6, 6.07) is 7.47. The molecule has 0 aliphatic heterocycles. The van der Waals surface area contributed by atoms with E-state index in [4.69, 9.17) is 4.74 Å². The molecule has 0 aliphatic rings. The van der Waals surface area contributed by atoms with Crippen LogP contribution in [0, 0.1) is 6.92 Å². The van der Waals surface area contributed by atoms with Crippen molar-refractivity contribution < 1.29 is 50.1 Å². The van der Waals surface area contributed by atoms with E-state index in [0.29, 0.717) is 0 Å². The number of alkyl halides is 6. The molecule has 0 saturated carbocycles. The second-order valence-electron chi connectivity index (χ2n) is 5.63. The third kappa shape index (κ3) is 7.01. The Labute approximate surface area is 159 Å². The van der Waals surface area contributed by atoms with Gasteiger partial charge in [0, 0.05) is 0 Å². The van der Waals surface area contributed by atoms with E-state index in [-0.39, 0.29) is 22.4 Å². The van der Waals surface area contributed by atoms with E-state index in [0.717, 1.165) is 36.4 Å². The van der Waals surface area contributed by atoms with Crippen molar-refractivity contribution in [3.63, 3.8) is 0 Å². The van der Waals surface area contributed by atoms with Gasteiger partial charge in [-0.15, -0.1) is 13.2 Å². The molecule has 156 valence electrons. The smallest absolute Gasteiger partial charge is 0.452 e. The summed E-state index contributed by atoms with van der Waals surface area (Å²) in [6.07, 6.45) is -9.54. The van der Waals surface area contributed by atoms with Gasteiger partial charge in [0.25, 0.3) is 0 Å². The number of carbonyl (C=O) groups excluding carboxylic acids is 2. The van der Waals surface area contributed by atoms with Crippen LogP contribution in [-0.2, 0) is 4.74 Å². The van der Waals surface area contributed by atoms with Crippen LogP contribution in [0.1, 0.15) is 26.3 Å². The number of halogens is 6. The number of rotatable bonds is 5. The standard InChI is InChI=1S/C18H12F6O5/c1-10-8-13(6-7-14(10)16(26)27-9-17(19,20)21)28-15(25)11-2-4-12(5-3-11)29-18(22,23)24/h2-8H,9H2,1H3. The fourth-order valence-corrected chi connectivity index (χ4v) is 2.11. The summed E-state index contributed by atoms with van der Waals surface area (Å²) >= 11 is 0. The zero-order valence-corrected chi connectivity index (χ0v) is 14.6. The monoisotopic (exact) mass is 422 g/mol. The molecule has 5 nitrogen and oxygen atoms in total. The van der Waals surface area contributed by atoms with Crippen LogP contribution in [-0.4, -0.2) is 31.1 Å². The van der Waals surface area contributed by atoms with E-state index in [9.17, 15) is 35.9 Å². The molecule has 2 aromatic carbocycles. The number of aryl methyl sites for hydroxylation is 1. The molecule has 2 aromatic rings. The maximum atomic E-state index is 12.1. The molecule has 11 heteroatoms. The number of hydrogen-bond donors (Lipinski definition) is 0. The molecule has 0 heterocycles. The third-order valence-electron chi connectivity index (χ3n) is 3.32. The zero-order chi connectivity index (χ0) is 21.8. The van der Waals surface area contributed by atoms with Crippen molar-refractivity contribution in [3.05, 3.63) is 59.2 Å². The van der Waals surface area contributed by atoms with Crippen molar-refractivity contribution in [3.8, 4) is 11.5 Å². The van der Waals surface area contributed by atoms with Crippen LogP contribution in [0.5, 0.6) is 11.5 Å². The molecule has 0 unspecified atom stereocenters. The van der Waals surface area contributed by atoms with Gasteiger partial charge in [-0.3, -0.25) is 0 Å². The normalized spacial score (nSPS) is 11.7. The number of benzene rings is 2. The van der Waals surface area contributed by atoms with Gasteiger partial charge in [-0.1, -0.05) is 0 Å². The van der Waals surface area contributed by atoms with Crippen molar-refractivity contribution in [1.29, 1.82) is 0 Å². The molecule has 0 fully saturated rings. The van der Waals surface area contributed by atoms with E-state index < -0.39 is 36.8 Å². The predicted octanol–water partition coefficient (Wildman–Crippen LogP) is 4.83. The van der Waals surface area contributed by atoms with E-state index in [1.54, 1.807) is 0 Å². The second-order valence-corrected chi connectivity index (χ2v) is 5.63. The van der Waals surface area contributed by atoms with Crippen LogP contribution < -0.4 is 9.47 Å². The fourth-order valence-electron chi connectivity index (χ4n) is 2.11. The molecule has 0 aliphatic carbocycles. The van der Waals surface area contributed by atoms with Crippen LogP contribution in [0.2, 0.25) is 0 Å². The maximum absolute atomic E-state index is 12.1. The maximum Gasteiger partial charge on any atom is 0.573 e. The summed E-state index contributed by atoms with van der Waals surface area (Å²) in [5, 5.41) is 0. The van der Waals surface area contributed by atoms with Crippen molar-refractivity contribution >= 4 is 11.9 Å². The SMILES string of the molecule is Cc1cc(OC(=O)c2ccc(OC(F)(F)F)cc2)ccc1C(=O)OCC(F)(F)F. The first-order chi connectivity index (χ1) is 13.3. The van der Waals surface area contributed by atoms with Gasteiger partial charge in [0.2, 0.25) is 0 Å². The minimum Gasteiger partial charge on any atom is -0.452 e. The molecule has 0 atom stereocenters. The lowest BCUT2D eigenvalue weighted by Gasteiger charge is -2.11. The lowest BCUT2D eigenvalue weighted by molar-refractivity contribution is -0.274. The number of hydrogen-bond acceptors (Lipinski definition) is 5. The Hall–Kier alpha value is -3.24. The van der Waals surface area contributed by atoms with Gasteiger partial charge >= 0.3 is 24.5 Å². The highest BCUT2D eigenvalue weighted by atomic mass is 19.4. The van der Waals surface area contributed by atoms with Gasteiger partial charge in [0.1, 0.15) is 11.5 Å². The Kier molecular flexibility index (Phi) is 6.40. The van der Waals surface area contributed by atoms with Gasteiger partial charge in [0.15, 0.2) is 6.61 Å². The summed E-state index contributed by atoms with van der Waals surface area (Å²) in [5.74, 6) is -2.66. The predicted molar refractivity (Wildman–Crippen MR) is 85.6 cm³/mol. The minimum atomic E-state index is -4.87. The van der Waals surface area contributed by atoms with Gasteiger partial charge in [-0.2, -0.15) is 13.2 Å². The second kappa shape index (κ2) is 8.41. The lowest BCUT2D eigenvalue weighted by Crippen LogP contribution is -2.20. The first-order valence-electron chi connectivity index (χ1n) is 7.76. The van der Waals surface area contributed by atoms with E-state index in [1.807, 2.05) is 0 Å². The van der Waals surface area contributed by atoms with Crippen molar-refractivity contribution in [2.75, 3.05) is 6.61 Å². The molecular weight excluding hydrogens is 410 g/mol. The van der Waals surface area contributed by atoms with Crippen LogP contribution in [0.15, 0.2) is 42.5 Å². The first kappa shape index (κ1) is 22.1. The molecule has 0 aromatic heterocycles. The van der Waals surface area contributed by atoms with Crippen molar-refractivity contribution in [2.24, 2.45) is 0 Å². The molecule has 29 heavy (non-hydrogen) atoms. The molecule has 0 amide bonds. The summed E-state index contributed by atoms with van der Waals surface area (Å²) in [7, 11) is 0. The molecule has 0 N–H and O–H groups in total. The van der Waals surface area contributed by atoms with E-state index in [1.165, 1.54) is 13.0 Å². The van der Waals surface area contributed by atoms with Crippen LogP contribution in [0.4, 0.5) is 26.3 Å². The summed E-state index contributed by atoms with van der Waals surface area (Å²) in [6.45, 7) is -0.346. The minimum absolute atomic E-state index is 0.0320. The summed E-state index contributed by atoms with van der Waals surface area (Å²) in [5.41, 5.74) is -0.0371. The van der Waals surface area contributed by atoms with Gasteiger partial charge < -0.3 is 14.2 Å². The van der Waals surface area contributed by atoms with Gasteiger partial charge in [-0.05, 0) is 55.0 Å². The molecule has 0 bridgehead atoms. The Morgan fingerprint density at radius 2 is 1.45 bits per heavy atom. The first-order valence-corrected chi connectivity index (χ1v) is 7.76. The topological polar surface area (TPSA) is 61.8 Å². The van der Waals surface area contributed by atoms with Crippen molar-refractivity contribution in [2.45, 2.75) is 19.5 Å². The van der Waals surface area contributed by atoms with Crippen LogP contribution >= 0.6 is 0 Å². The molecular formula is C18H12F6O5. The molecule has 0 radical (unpaired) electrons. The van der Waals surface area contributed by atoms with Crippen LogP contribution in [0.25, 0.3) is 0 Å². The van der Waals surface area contributed by atoms with Gasteiger partial charge in [0.05, 0.1) is 11.1 Å². The molecule has 2 rings (SSSR count). The fraction of sp³-hybridized carbons (Fsp3) is 0.222. The highest BCUT2D eigenvalue weighted by molar-refractivity contribution is 5.93. The van der Waals surface area contributed by atoms with E-state index >= 15 is 0 Å². The van der Waals surface area contributed by atoms with Crippen LogP contribution in [0.3, 0.4) is 0 Å². The average Bonchev–Trinajstić information content (AvgIpc) is 2.58. The number of carbonyl (C=O) groups is 2. The highest BCUT2D eigenvalue weighted by Gasteiger charge is 2.31. The summed E-state index contributed by atoms with van der Waals surface area (Å²) in [4.78, 5) is 23.7. The third-order valence-corrected chi connectivity index (χ3v) is 3.32. The molecule has 0 saturated heterocycles. The Morgan fingerprint density at radius 1 is 0.862 bits per heavy atom. The Morgan fingerprint density at radius 3 is 1.97 bits per heavy atom. The Balaban J connectivity index is 2.04. The zero-order valence-electron chi connectivity index (χ0n) is 14.6. The Bertz CT molecular complexity index is 887. The quantitative estimate of drug-likeness (QED) is 0.392. The van der Waals surface area contributed by atoms with Gasteiger partial charge in [-0.25, -0.2) is 9.59 Å². The largest absolute Gasteiger partial charge is 0.573 e. The lowest BCUT2D eigenvalue weighted by atomic mass is 10.1. The molecule has 0 spiro atoms. The van der Waals surface area contributed by atoms with E-state index in [2.05, 4.69) is 9.47 Å². The summed E-state index contributed by atoms with van der Waals surface area (Å²) < 4.78 is 85.5. The highest BCUT2D eigenvalue weighted by Crippen LogP contribution is 2.24. The average molecular weight is 422 g/mol.